The molecule has 0 fully saturated rings. The number of carbonyl (C=O) groups excluding carboxylic acids is 1. The number of carbonyl (C=O) groups is 2. The molecular weight excluding hydrogens is 350 g/mol. The van der Waals surface area contributed by atoms with E-state index < -0.39 is 28.1 Å². The molecule has 0 aliphatic rings. The summed E-state index contributed by atoms with van der Waals surface area (Å²) in [5.41, 5.74) is -0.257. The predicted octanol–water partition coefficient (Wildman–Crippen LogP) is 2.98. The minimum atomic E-state index is -1.27. The number of carboxylic acid groups (broad SMARTS) is 1. The number of benzene rings is 2. The first-order valence-corrected chi connectivity index (χ1v) is 9.82. The van der Waals surface area contributed by atoms with E-state index in [4.69, 9.17) is 0 Å². The molecule has 2 unspecified atom stereocenters. The summed E-state index contributed by atoms with van der Waals surface area (Å²) < 4.78 is 12.2. The van der Waals surface area contributed by atoms with Gasteiger partial charge in [0.2, 0.25) is 0 Å². The van der Waals surface area contributed by atoms with Gasteiger partial charge in [-0.05, 0) is 24.1 Å². The van der Waals surface area contributed by atoms with Gasteiger partial charge in [0.05, 0.1) is 21.3 Å². The fraction of sp³-hybridized carbons (Fsp3) is 0.300. The fourth-order valence-corrected chi connectivity index (χ4v) is 3.82. The van der Waals surface area contributed by atoms with Crippen molar-refractivity contribution in [1.29, 1.82) is 0 Å². The number of hydrogen-bond donors (Lipinski definition) is 2. The SMILES string of the molecule is CCS(=O)c1ccccc1C(=O)NCC(CC)(C(=O)O)c1ccccc1. The van der Waals surface area contributed by atoms with Crippen molar-refractivity contribution in [3.8, 4) is 0 Å². The lowest BCUT2D eigenvalue weighted by Gasteiger charge is -2.29. The number of aliphatic carboxylic acids is 1. The minimum absolute atomic E-state index is 0.0469. The monoisotopic (exact) mass is 373 g/mol. The summed E-state index contributed by atoms with van der Waals surface area (Å²) in [5.74, 6) is -1.00. The van der Waals surface area contributed by atoms with Crippen molar-refractivity contribution in [3.63, 3.8) is 0 Å². The van der Waals surface area contributed by atoms with Crippen LogP contribution in [0.4, 0.5) is 0 Å². The summed E-state index contributed by atoms with van der Waals surface area (Å²) in [7, 11) is -1.27. The molecule has 6 heteroatoms. The van der Waals surface area contributed by atoms with E-state index in [1.807, 2.05) is 6.07 Å². The van der Waals surface area contributed by atoms with E-state index in [1.165, 1.54) is 0 Å². The topological polar surface area (TPSA) is 83.5 Å². The largest absolute Gasteiger partial charge is 0.481 e. The van der Waals surface area contributed by atoms with Gasteiger partial charge in [-0.1, -0.05) is 56.3 Å². The highest BCUT2D eigenvalue weighted by Gasteiger charge is 2.39. The zero-order chi connectivity index (χ0) is 19.2. The van der Waals surface area contributed by atoms with Crippen molar-refractivity contribution in [2.75, 3.05) is 12.3 Å². The Hall–Kier alpha value is -2.47. The third-order valence-corrected chi connectivity index (χ3v) is 5.90. The first kappa shape index (κ1) is 19.8. The summed E-state index contributed by atoms with van der Waals surface area (Å²) in [6.45, 7) is 3.52. The van der Waals surface area contributed by atoms with Crippen LogP contribution in [0, 0.1) is 0 Å². The molecule has 0 saturated heterocycles. The smallest absolute Gasteiger partial charge is 0.315 e. The highest BCUT2D eigenvalue weighted by molar-refractivity contribution is 7.85. The molecule has 2 aromatic rings. The molecule has 2 aromatic carbocycles. The average molecular weight is 373 g/mol. The van der Waals surface area contributed by atoms with Gasteiger partial charge in [-0.15, -0.1) is 0 Å². The Labute approximate surface area is 155 Å². The summed E-state index contributed by atoms with van der Waals surface area (Å²) in [5, 5.41) is 12.6. The Bertz CT molecular complexity index is 806. The van der Waals surface area contributed by atoms with Crippen LogP contribution in [-0.4, -0.2) is 33.5 Å². The van der Waals surface area contributed by atoms with Gasteiger partial charge in [0.15, 0.2) is 0 Å². The molecule has 0 saturated carbocycles. The molecule has 0 radical (unpaired) electrons. The molecule has 0 aromatic heterocycles. The number of hydrogen-bond acceptors (Lipinski definition) is 3. The zero-order valence-electron chi connectivity index (χ0n) is 14.9. The average Bonchev–Trinajstić information content (AvgIpc) is 2.68. The molecule has 1 amide bonds. The molecule has 2 atom stereocenters. The second-order valence-electron chi connectivity index (χ2n) is 5.92. The fourth-order valence-electron chi connectivity index (χ4n) is 2.87. The van der Waals surface area contributed by atoms with Crippen LogP contribution in [0.25, 0.3) is 0 Å². The first-order valence-electron chi connectivity index (χ1n) is 8.50. The van der Waals surface area contributed by atoms with Gasteiger partial charge in [0, 0.05) is 12.3 Å². The molecule has 0 aliphatic carbocycles. The standard InChI is InChI=1S/C20H23NO4S/c1-3-20(19(23)24,15-10-6-5-7-11-15)14-21-18(22)16-12-8-9-13-17(16)26(25)4-2/h5-13H,3-4,14H2,1-2H3,(H,21,22)(H,23,24). The third-order valence-electron chi connectivity index (χ3n) is 4.53. The highest BCUT2D eigenvalue weighted by atomic mass is 32.2. The first-order chi connectivity index (χ1) is 12.5. The number of carboxylic acids is 1. The van der Waals surface area contributed by atoms with Crippen LogP contribution in [0.1, 0.15) is 36.2 Å². The maximum atomic E-state index is 12.7. The van der Waals surface area contributed by atoms with Gasteiger partial charge in [-0.2, -0.15) is 0 Å². The molecular formula is C20H23NO4S. The van der Waals surface area contributed by atoms with Crippen LogP contribution in [0.5, 0.6) is 0 Å². The van der Waals surface area contributed by atoms with Gasteiger partial charge in [-0.25, -0.2) is 0 Å². The van der Waals surface area contributed by atoms with Gasteiger partial charge >= 0.3 is 5.97 Å². The van der Waals surface area contributed by atoms with E-state index in [0.29, 0.717) is 28.2 Å². The van der Waals surface area contributed by atoms with Gasteiger partial charge in [0.25, 0.3) is 5.91 Å². The van der Waals surface area contributed by atoms with E-state index >= 15 is 0 Å². The predicted molar refractivity (Wildman–Crippen MR) is 102 cm³/mol. The molecule has 2 rings (SSSR count). The van der Waals surface area contributed by atoms with Crippen molar-refractivity contribution in [3.05, 3.63) is 65.7 Å². The second-order valence-corrected chi connectivity index (χ2v) is 7.63. The Kier molecular flexibility index (Phi) is 6.69. The summed E-state index contributed by atoms with van der Waals surface area (Å²) in [4.78, 5) is 25.2. The molecule has 0 aliphatic heterocycles. The zero-order valence-corrected chi connectivity index (χ0v) is 15.7. The van der Waals surface area contributed by atoms with Crippen molar-refractivity contribution in [2.45, 2.75) is 30.6 Å². The van der Waals surface area contributed by atoms with Crippen molar-refractivity contribution in [2.24, 2.45) is 0 Å². The lowest BCUT2D eigenvalue weighted by Crippen LogP contribution is -2.46. The van der Waals surface area contributed by atoms with E-state index in [0.717, 1.165) is 0 Å². The quantitative estimate of drug-likeness (QED) is 0.745. The summed E-state index contributed by atoms with van der Waals surface area (Å²) in [6, 6.07) is 15.6. The minimum Gasteiger partial charge on any atom is -0.481 e. The van der Waals surface area contributed by atoms with Crippen LogP contribution < -0.4 is 5.32 Å². The highest BCUT2D eigenvalue weighted by Crippen LogP contribution is 2.28. The molecule has 0 spiro atoms. The molecule has 2 N–H and O–H groups in total. The molecule has 0 heterocycles. The molecule has 5 nitrogen and oxygen atoms in total. The summed E-state index contributed by atoms with van der Waals surface area (Å²) >= 11 is 0. The van der Waals surface area contributed by atoms with E-state index in [-0.39, 0.29) is 6.54 Å². The lowest BCUT2D eigenvalue weighted by molar-refractivity contribution is -0.143. The van der Waals surface area contributed by atoms with Crippen LogP contribution in [0.3, 0.4) is 0 Å². The van der Waals surface area contributed by atoms with E-state index in [9.17, 15) is 18.9 Å². The number of amides is 1. The Balaban J connectivity index is 2.29. The summed E-state index contributed by atoms with van der Waals surface area (Å²) in [6.07, 6.45) is 0.329. The van der Waals surface area contributed by atoms with Gasteiger partial charge in [-0.3, -0.25) is 13.8 Å². The van der Waals surface area contributed by atoms with E-state index in [2.05, 4.69) is 5.32 Å². The Morgan fingerprint density at radius 1 is 1.04 bits per heavy atom. The van der Waals surface area contributed by atoms with E-state index in [1.54, 1.807) is 62.4 Å². The number of rotatable bonds is 8. The van der Waals surface area contributed by atoms with Crippen molar-refractivity contribution >= 4 is 22.7 Å². The van der Waals surface area contributed by atoms with Crippen LogP contribution in [0.15, 0.2) is 59.5 Å². The normalized spacial score (nSPS) is 14.2. The van der Waals surface area contributed by atoms with Crippen molar-refractivity contribution < 1.29 is 18.9 Å². The second kappa shape index (κ2) is 8.76. The Morgan fingerprint density at radius 2 is 1.65 bits per heavy atom. The van der Waals surface area contributed by atoms with Crippen LogP contribution in [-0.2, 0) is 21.0 Å². The Morgan fingerprint density at radius 3 is 2.23 bits per heavy atom. The van der Waals surface area contributed by atoms with Gasteiger partial charge < -0.3 is 10.4 Å². The maximum Gasteiger partial charge on any atom is 0.315 e. The third kappa shape index (κ3) is 4.02. The lowest BCUT2D eigenvalue weighted by atomic mass is 9.78. The molecule has 0 bridgehead atoms. The molecule has 26 heavy (non-hydrogen) atoms. The number of nitrogens with one attached hydrogen (secondary N) is 1. The molecule has 138 valence electrons. The van der Waals surface area contributed by atoms with Crippen LogP contribution in [0.2, 0.25) is 0 Å². The van der Waals surface area contributed by atoms with Gasteiger partial charge in [0.1, 0.15) is 5.41 Å². The van der Waals surface area contributed by atoms with Crippen molar-refractivity contribution in [1.82, 2.24) is 5.32 Å². The maximum absolute atomic E-state index is 12.7. The van der Waals surface area contributed by atoms with Crippen LogP contribution >= 0.6 is 0 Å².